The van der Waals surface area contributed by atoms with Crippen LogP contribution in [0, 0.1) is 11.7 Å². The molecule has 112 valence electrons. The summed E-state index contributed by atoms with van der Waals surface area (Å²) in [5, 5.41) is 3.47. The molecule has 0 amide bonds. The fourth-order valence-electron chi connectivity index (χ4n) is 3.08. The minimum Gasteiger partial charge on any atom is -0.369 e. The third-order valence-electron chi connectivity index (χ3n) is 4.16. The number of hydrogen-bond donors (Lipinski definition) is 1. The van der Waals surface area contributed by atoms with Crippen LogP contribution in [0.25, 0.3) is 0 Å². The number of rotatable bonds is 5. The lowest BCUT2D eigenvalue weighted by Crippen LogP contribution is -2.36. The number of piperidine rings is 1. The van der Waals surface area contributed by atoms with Gasteiger partial charge in [-0.15, -0.1) is 0 Å². The molecule has 0 bridgehead atoms. The van der Waals surface area contributed by atoms with Gasteiger partial charge in [-0.2, -0.15) is 0 Å². The van der Waals surface area contributed by atoms with Crippen LogP contribution in [0.15, 0.2) is 18.2 Å². The van der Waals surface area contributed by atoms with E-state index in [2.05, 4.69) is 37.1 Å². The van der Waals surface area contributed by atoms with Gasteiger partial charge >= 0.3 is 0 Å². The molecule has 0 saturated carbocycles. The lowest BCUT2D eigenvalue weighted by Gasteiger charge is -2.35. The Labute approximate surface area is 122 Å². The minimum absolute atomic E-state index is 0.0817. The predicted octanol–water partition coefficient (Wildman–Crippen LogP) is 4.12. The summed E-state index contributed by atoms with van der Waals surface area (Å²) < 4.78 is 14.4. The molecule has 2 nitrogen and oxygen atoms in total. The molecule has 2 atom stereocenters. The first-order valence-electron chi connectivity index (χ1n) is 7.90. The zero-order chi connectivity index (χ0) is 14.5. The maximum absolute atomic E-state index is 14.4. The second-order valence-electron chi connectivity index (χ2n) is 6.05. The molecule has 0 aromatic heterocycles. The predicted molar refractivity (Wildman–Crippen MR) is 83.7 cm³/mol. The van der Waals surface area contributed by atoms with Crippen molar-refractivity contribution in [1.82, 2.24) is 5.32 Å². The highest BCUT2D eigenvalue weighted by atomic mass is 19.1. The molecule has 3 heteroatoms. The van der Waals surface area contributed by atoms with Gasteiger partial charge in [0.1, 0.15) is 5.82 Å². The highest BCUT2D eigenvalue weighted by Crippen LogP contribution is 2.32. The summed E-state index contributed by atoms with van der Waals surface area (Å²) in [6.45, 7) is 9.44. The maximum atomic E-state index is 14.4. The standard InChI is InChI=1S/C17H27FN2/c1-4-10-19-14(3)15-8-5-9-16(18)17(15)20-11-6-7-13(2)12-20/h5,8-9,13-14,19H,4,6-7,10-12H2,1-3H3. The lowest BCUT2D eigenvalue weighted by atomic mass is 9.97. The second kappa shape index (κ2) is 7.07. The molecule has 2 rings (SSSR count). The first kappa shape index (κ1) is 15.3. The smallest absolute Gasteiger partial charge is 0.146 e. The van der Waals surface area contributed by atoms with Gasteiger partial charge in [0.25, 0.3) is 0 Å². The molecule has 1 heterocycles. The molecule has 0 radical (unpaired) electrons. The molecule has 1 aromatic carbocycles. The highest BCUT2D eigenvalue weighted by molar-refractivity contribution is 5.56. The van der Waals surface area contributed by atoms with E-state index in [9.17, 15) is 4.39 Å². The van der Waals surface area contributed by atoms with Gasteiger partial charge in [0.2, 0.25) is 0 Å². The summed E-state index contributed by atoms with van der Waals surface area (Å²) in [5.74, 6) is 0.567. The van der Waals surface area contributed by atoms with Crippen molar-refractivity contribution in [2.45, 2.75) is 46.1 Å². The van der Waals surface area contributed by atoms with Crippen molar-refractivity contribution in [2.75, 3.05) is 24.5 Å². The number of halogens is 1. The monoisotopic (exact) mass is 278 g/mol. The molecule has 1 aliphatic heterocycles. The third kappa shape index (κ3) is 3.51. The summed E-state index contributed by atoms with van der Waals surface area (Å²) in [6, 6.07) is 5.67. The zero-order valence-corrected chi connectivity index (χ0v) is 13.0. The molecular weight excluding hydrogens is 251 g/mol. The molecule has 1 fully saturated rings. The quantitative estimate of drug-likeness (QED) is 0.871. The SMILES string of the molecule is CCCNC(C)c1cccc(F)c1N1CCCC(C)C1. The van der Waals surface area contributed by atoms with Crippen LogP contribution < -0.4 is 10.2 Å². The van der Waals surface area contributed by atoms with E-state index in [0.717, 1.165) is 43.7 Å². The number of nitrogens with zero attached hydrogens (tertiary/aromatic N) is 1. The summed E-state index contributed by atoms with van der Waals surface area (Å²) in [4.78, 5) is 2.24. The van der Waals surface area contributed by atoms with Gasteiger partial charge in [0, 0.05) is 19.1 Å². The number of hydrogen-bond acceptors (Lipinski definition) is 2. The molecule has 2 unspecified atom stereocenters. The van der Waals surface area contributed by atoms with Gasteiger partial charge in [-0.1, -0.05) is 26.0 Å². The molecule has 1 saturated heterocycles. The van der Waals surface area contributed by atoms with E-state index >= 15 is 0 Å². The largest absolute Gasteiger partial charge is 0.369 e. The van der Waals surface area contributed by atoms with Crippen molar-refractivity contribution in [1.29, 1.82) is 0 Å². The van der Waals surface area contributed by atoms with Crippen molar-refractivity contribution in [3.63, 3.8) is 0 Å². The van der Waals surface area contributed by atoms with Crippen LogP contribution in [-0.4, -0.2) is 19.6 Å². The number of para-hydroxylation sites is 1. The molecule has 1 N–H and O–H groups in total. The lowest BCUT2D eigenvalue weighted by molar-refractivity contribution is 0.439. The Morgan fingerprint density at radius 2 is 2.25 bits per heavy atom. The van der Waals surface area contributed by atoms with Crippen molar-refractivity contribution >= 4 is 5.69 Å². The Morgan fingerprint density at radius 3 is 2.95 bits per heavy atom. The summed E-state index contributed by atoms with van der Waals surface area (Å²) >= 11 is 0. The van der Waals surface area contributed by atoms with Gasteiger partial charge in [0.05, 0.1) is 5.69 Å². The average Bonchev–Trinajstić information content (AvgIpc) is 2.44. The first-order valence-corrected chi connectivity index (χ1v) is 7.90. The van der Waals surface area contributed by atoms with E-state index in [0.29, 0.717) is 5.92 Å². The Hall–Kier alpha value is -1.09. The Balaban J connectivity index is 2.25. The summed E-state index contributed by atoms with van der Waals surface area (Å²) in [7, 11) is 0. The van der Waals surface area contributed by atoms with E-state index in [4.69, 9.17) is 0 Å². The van der Waals surface area contributed by atoms with Crippen LogP contribution in [0.5, 0.6) is 0 Å². The fourth-order valence-corrected chi connectivity index (χ4v) is 3.08. The third-order valence-corrected chi connectivity index (χ3v) is 4.16. The maximum Gasteiger partial charge on any atom is 0.146 e. The van der Waals surface area contributed by atoms with Gasteiger partial charge in [-0.05, 0) is 50.3 Å². The Kier molecular flexibility index (Phi) is 5.41. The highest BCUT2D eigenvalue weighted by Gasteiger charge is 2.23. The Morgan fingerprint density at radius 1 is 1.45 bits per heavy atom. The summed E-state index contributed by atoms with van der Waals surface area (Å²) in [6.07, 6.45) is 3.51. The van der Waals surface area contributed by atoms with E-state index in [1.807, 2.05) is 6.07 Å². The van der Waals surface area contributed by atoms with Crippen molar-refractivity contribution in [3.8, 4) is 0 Å². The van der Waals surface area contributed by atoms with Gasteiger partial charge < -0.3 is 10.2 Å². The Bertz CT molecular complexity index is 433. The van der Waals surface area contributed by atoms with Crippen LogP contribution in [0.3, 0.4) is 0 Å². The minimum atomic E-state index is -0.0817. The zero-order valence-electron chi connectivity index (χ0n) is 13.0. The number of anilines is 1. The van der Waals surface area contributed by atoms with Crippen LogP contribution in [0.2, 0.25) is 0 Å². The van der Waals surface area contributed by atoms with Crippen molar-refractivity contribution in [3.05, 3.63) is 29.6 Å². The first-order chi connectivity index (χ1) is 9.63. The normalized spacial score (nSPS) is 21.0. The second-order valence-corrected chi connectivity index (χ2v) is 6.05. The van der Waals surface area contributed by atoms with Crippen LogP contribution in [0.1, 0.15) is 51.6 Å². The molecule has 20 heavy (non-hydrogen) atoms. The van der Waals surface area contributed by atoms with Crippen LogP contribution >= 0.6 is 0 Å². The molecule has 1 aliphatic rings. The molecule has 0 spiro atoms. The average molecular weight is 278 g/mol. The van der Waals surface area contributed by atoms with E-state index in [-0.39, 0.29) is 11.9 Å². The number of benzene rings is 1. The van der Waals surface area contributed by atoms with Crippen LogP contribution in [0.4, 0.5) is 10.1 Å². The number of nitrogens with one attached hydrogen (secondary N) is 1. The molecule has 1 aromatic rings. The van der Waals surface area contributed by atoms with E-state index < -0.39 is 0 Å². The van der Waals surface area contributed by atoms with Crippen molar-refractivity contribution < 1.29 is 4.39 Å². The molecule has 0 aliphatic carbocycles. The van der Waals surface area contributed by atoms with Gasteiger partial charge in [-0.3, -0.25) is 0 Å². The fraction of sp³-hybridized carbons (Fsp3) is 0.647. The molecular formula is C17H27FN2. The van der Waals surface area contributed by atoms with Crippen molar-refractivity contribution in [2.24, 2.45) is 5.92 Å². The topological polar surface area (TPSA) is 15.3 Å². The van der Waals surface area contributed by atoms with Gasteiger partial charge in [0.15, 0.2) is 0 Å². The van der Waals surface area contributed by atoms with E-state index in [1.165, 1.54) is 6.42 Å². The van der Waals surface area contributed by atoms with Gasteiger partial charge in [-0.25, -0.2) is 4.39 Å². The van der Waals surface area contributed by atoms with Crippen LogP contribution in [-0.2, 0) is 0 Å². The van der Waals surface area contributed by atoms with E-state index in [1.54, 1.807) is 6.07 Å². The summed E-state index contributed by atoms with van der Waals surface area (Å²) in [5.41, 5.74) is 1.91.